The second kappa shape index (κ2) is 12.8. The summed E-state index contributed by atoms with van der Waals surface area (Å²) in [7, 11) is -3.86. The molecule has 1 amide bonds. The third-order valence-electron chi connectivity index (χ3n) is 7.43. The molecule has 44 heavy (non-hydrogen) atoms. The van der Waals surface area contributed by atoms with Crippen molar-refractivity contribution in [3.63, 3.8) is 0 Å². The molecule has 13 heteroatoms. The molecule has 2 aromatic carbocycles. The van der Waals surface area contributed by atoms with Crippen LogP contribution >= 0.6 is 34.3 Å². The molecule has 6 rings (SSSR count). The van der Waals surface area contributed by atoms with E-state index in [9.17, 15) is 13.2 Å². The van der Waals surface area contributed by atoms with Gasteiger partial charge >= 0.3 is 0 Å². The SMILES string of the molecule is N#Cc1ccc(Cn2cncc2CN(c2ccc(N3CCN(C(=O)c4ccc(Cl)s4)CC3)cc2)S(=O)(=O)c2cccs2)cc1. The number of hydrogen-bond acceptors (Lipinski definition) is 8. The first-order chi connectivity index (χ1) is 21.3. The predicted octanol–water partition coefficient (Wildman–Crippen LogP) is 5.94. The summed E-state index contributed by atoms with van der Waals surface area (Å²) < 4.78 is 32.0. The minimum Gasteiger partial charge on any atom is -0.368 e. The highest BCUT2D eigenvalue weighted by molar-refractivity contribution is 7.94. The number of thiophene rings is 2. The molecule has 1 aliphatic rings. The largest absolute Gasteiger partial charge is 0.368 e. The monoisotopic (exact) mass is 662 g/mol. The first-order valence-corrected chi connectivity index (χ1v) is 17.3. The van der Waals surface area contributed by atoms with Crippen LogP contribution in [0.2, 0.25) is 4.34 Å². The highest BCUT2D eigenvalue weighted by Crippen LogP contribution is 2.31. The lowest BCUT2D eigenvalue weighted by molar-refractivity contribution is 0.0751. The lowest BCUT2D eigenvalue weighted by Gasteiger charge is -2.36. The van der Waals surface area contributed by atoms with E-state index in [1.54, 1.807) is 54.3 Å². The van der Waals surface area contributed by atoms with Crippen molar-refractivity contribution in [1.82, 2.24) is 14.5 Å². The number of hydrogen-bond donors (Lipinski definition) is 0. The normalized spacial score (nSPS) is 13.5. The molecule has 3 aromatic heterocycles. The standard InChI is InChI=1S/C31H27ClN6O3S3/c32-29-12-11-28(43-29)31(39)36-15-13-35(14-16-36)25-7-9-26(10-8-25)38(44(40,41)30-2-1-17-42-30)21-27-19-34-22-37(27)20-24-5-3-23(18-33)4-6-24/h1-12,17,19,22H,13-16,20-21H2. The van der Waals surface area contributed by atoms with Crippen LogP contribution in [0.25, 0.3) is 0 Å². The van der Waals surface area contributed by atoms with E-state index in [0.717, 1.165) is 16.9 Å². The molecule has 224 valence electrons. The van der Waals surface area contributed by atoms with E-state index in [2.05, 4.69) is 16.0 Å². The Bertz CT molecular complexity index is 1890. The maximum absolute atomic E-state index is 13.9. The summed E-state index contributed by atoms with van der Waals surface area (Å²) in [6, 6.07) is 23.8. The number of carbonyl (C=O) groups is 1. The van der Waals surface area contributed by atoms with Crippen LogP contribution in [0.15, 0.2) is 94.9 Å². The van der Waals surface area contributed by atoms with E-state index in [1.807, 2.05) is 45.9 Å². The van der Waals surface area contributed by atoms with Crippen LogP contribution in [0.4, 0.5) is 11.4 Å². The molecule has 0 bridgehead atoms. The Kier molecular flexibility index (Phi) is 8.72. The molecule has 9 nitrogen and oxygen atoms in total. The van der Waals surface area contributed by atoms with Gasteiger partial charge in [-0.3, -0.25) is 9.10 Å². The van der Waals surface area contributed by atoms with Crippen LogP contribution in [-0.4, -0.2) is 55.0 Å². The summed E-state index contributed by atoms with van der Waals surface area (Å²) >= 11 is 8.48. The van der Waals surface area contributed by atoms with Crippen molar-refractivity contribution in [2.24, 2.45) is 0 Å². The Morgan fingerprint density at radius 3 is 2.39 bits per heavy atom. The first kappa shape index (κ1) is 29.9. The van der Waals surface area contributed by atoms with E-state index in [1.165, 1.54) is 27.0 Å². The van der Waals surface area contributed by atoms with Crippen molar-refractivity contribution in [1.29, 1.82) is 5.26 Å². The number of sulfonamides is 1. The molecule has 0 atom stereocenters. The molecule has 5 aromatic rings. The van der Waals surface area contributed by atoms with E-state index in [0.29, 0.717) is 53.2 Å². The Morgan fingerprint density at radius 2 is 1.75 bits per heavy atom. The van der Waals surface area contributed by atoms with Gasteiger partial charge in [0.25, 0.3) is 15.9 Å². The summed E-state index contributed by atoms with van der Waals surface area (Å²) in [6.07, 6.45) is 3.36. The Morgan fingerprint density at radius 1 is 1.00 bits per heavy atom. The van der Waals surface area contributed by atoms with Crippen LogP contribution in [-0.2, 0) is 23.1 Å². The second-order valence-corrected chi connectivity index (χ2v) is 14.9. The summed E-state index contributed by atoms with van der Waals surface area (Å²) in [4.78, 5) is 21.8. The Labute approximate surface area is 268 Å². The molecule has 1 saturated heterocycles. The quantitative estimate of drug-likeness (QED) is 0.194. The van der Waals surface area contributed by atoms with Gasteiger partial charge in [-0.2, -0.15) is 5.26 Å². The van der Waals surface area contributed by atoms with Crippen molar-refractivity contribution < 1.29 is 13.2 Å². The number of aromatic nitrogens is 2. The molecule has 0 unspecified atom stereocenters. The number of benzene rings is 2. The van der Waals surface area contributed by atoms with Gasteiger partial charge in [0.05, 0.1) is 45.1 Å². The van der Waals surface area contributed by atoms with Gasteiger partial charge in [-0.25, -0.2) is 13.4 Å². The highest BCUT2D eigenvalue weighted by atomic mass is 35.5. The van der Waals surface area contributed by atoms with Crippen LogP contribution < -0.4 is 9.21 Å². The molecule has 0 N–H and O–H groups in total. The maximum atomic E-state index is 13.9. The molecule has 1 fully saturated rings. The number of amides is 1. The minimum absolute atomic E-state index is 0.00949. The number of nitrogens with zero attached hydrogens (tertiary/aromatic N) is 6. The van der Waals surface area contributed by atoms with Gasteiger partial charge in [-0.1, -0.05) is 29.8 Å². The topological polar surface area (TPSA) is 103 Å². The Balaban J connectivity index is 1.20. The fourth-order valence-electron chi connectivity index (χ4n) is 5.07. The third-order valence-corrected chi connectivity index (χ3v) is 11.8. The number of anilines is 2. The summed E-state index contributed by atoms with van der Waals surface area (Å²) in [5, 5.41) is 10.9. The lowest BCUT2D eigenvalue weighted by Crippen LogP contribution is -2.48. The smallest absolute Gasteiger partial charge is 0.274 e. The number of nitriles is 1. The minimum atomic E-state index is -3.86. The van der Waals surface area contributed by atoms with Gasteiger partial charge in [-0.05, 0) is 65.5 Å². The number of piperazine rings is 1. The zero-order valence-corrected chi connectivity index (χ0v) is 26.6. The van der Waals surface area contributed by atoms with Crippen LogP contribution in [0, 0.1) is 11.3 Å². The molecule has 0 spiro atoms. The van der Waals surface area contributed by atoms with Crippen LogP contribution in [0.5, 0.6) is 0 Å². The molecular weight excluding hydrogens is 636 g/mol. The highest BCUT2D eigenvalue weighted by Gasteiger charge is 2.28. The molecular formula is C31H27ClN6O3S3. The van der Waals surface area contributed by atoms with E-state index in [4.69, 9.17) is 16.9 Å². The molecule has 0 aliphatic carbocycles. The van der Waals surface area contributed by atoms with Gasteiger partial charge in [0, 0.05) is 44.6 Å². The fraction of sp³-hybridized carbons (Fsp3) is 0.194. The summed E-state index contributed by atoms with van der Waals surface area (Å²) in [5.74, 6) is -0.00949. The van der Waals surface area contributed by atoms with E-state index >= 15 is 0 Å². The van der Waals surface area contributed by atoms with Crippen molar-refractivity contribution >= 4 is 61.6 Å². The number of halogens is 1. The number of rotatable bonds is 9. The third kappa shape index (κ3) is 6.37. The van der Waals surface area contributed by atoms with Gasteiger partial charge in [0.2, 0.25) is 0 Å². The van der Waals surface area contributed by atoms with Crippen LogP contribution in [0.3, 0.4) is 0 Å². The van der Waals surface area contributed by atoms with Gasteiger partial charge < -0.3 is 14.4 Å². The fourth-order valence-corrected chi connectivity index (χ4v) is 8.62. The second-order valence-electron chi connectivity index (χ2n) is 10.2. The Hall–Kier alpha value is -4.15. The number of imidazole rings is 1. The van der Waals surface area contributed by atoms with Crippen molar-refractivity contribution in [2.75, 3.05) is 35.4 Å². The van der Waals surface area contributed by atoms with Gasteiger partial charge in [-0.15, -0.1) is 22.7 Å². The van der Waals surface area contributed by atoms with Gasteiger partial charge in [0.1, 0.15) is 4.21 Å². The summed E-state index contributed by atoms with van der Waals surface area (Å²) in [5.41, 5.74) is 3.78. The van der Waals surface area contributed by atoms with E-state index in [-0.39, 0.29) is 16.7 Å². The first-order valence-electron chi connectivity index (χ1n) is 13.8. The average molecular weight is 663 g/mol. The van der Waals surface area contributed by atoms with E-state index < -0.39 is 10.0 Å². The molecule has 4 heterocycles. The maximum Gasteiger partial charge on any atom is 0.274 e. The van der Waals surface area contributed by atoms with Gasteiger partial charge in [0.15, 0.2) is 0 Å². The molecule has 0 radical (unpaired) electrons. The lowest BCUT2D eigenvalue weighted by atomic mass is 10.1. The van der Waals surface area contributed by atoms with Crippen molar-refractivity contribution in [2.45, 2.75) is 17.3 Å². The van der Waals surface area contributed by atoms with Crippen LogP contribution in [0.1, 0.15) is 26.5 Å². The molecule has 0 saturated carbocycles. The molecule has 1 aliphatic heterocycles. The zero-order chi connectivity index (χ0) is 30.7. The number of carbonyl (C=O) groups excluding carboxylic acids is 1. The predicted molar refractivity (Wildman–Crippen MR) is 174 cm³/mol. The zero-order valence-electron chi connectivity index (χ0n) is 23.4. The van der Waals surface area contributed by atoms with Crippen molar-refractivity contribution in [3.8, 4) is 6.07 Å². The average Bonchev–Trinajstić information content (AvgIpc) is 3.84. The summed E-state index contributed by atoms with van der Waals surface area (Å²) in [6.45, 7) is 3.06. The van der Waals surface area contributed by atoms with Crippen molar-refractivity contribution in [3.05, 3.63) is 117 Å².